The molecular weight excluding hydrogens is 444 g/mol. The van der Waals surface area contributed by atoms with Gasteiger partial charge in [-0.25, -0.2) is 9.78 Å². The van der Waals surface area contributed by atoms with Gasteiger partial charge in [-0.15, -0.1) is 23.7 Å². The third kappa shape index (κ3) is 7.45. The number of amides is 3. The van der Waals surface area contributed by atoms with Gasteiger partial charge in [0.1, 0.15) is 16.4 Å². The van der Waals surface area contributed by atoms with Crippen LogP contribution in [0.25, 0.3) is 10.6 Å². The average Bonchev–Trinajstić information content (AvgIpc) is 3.29. The minimum absolute atomic E-state index is 0.0848. The standard InChI is InChI=1S/C23H22N4O5S/c1-5-6-7-8-19(28)26-17-11-9-16(10-12-17)22-27-18(13-33-22)21(30)24-14(2)20(29)25-15(3)23(31)32-4/h1,9-13H,2-3,6-8H2,4H3,(H,24,30)(H,25,29)(H,26,28). The summed E-state index contributed by atoms with van der Waals surface area (Å²) in [5.74, 6) is 0.0992. The van der Waals surface area contributed by atoms with Crippen molar-refractivity contribution in [3.05, 3.63) is 59.9 Å². The zero-order chi connectivity index (χ0) is 24.4. The number of carbonyl (C=O) groups is 4. The number of unbranched alkanes of at least 4 members (excludes halogenated alkanes) is 1. The van der Waals surface area contributed by atoms with Crippen LogP contribution < -0.4 is 16.0 Å². The van der Waals surface area contributed by atoms with Crippen LogP contribution in [0.15, 0.2) is 54.2 Å². The average molecular weight is 467 g/mol. The molecule has 33 heavy (non-hydrogen) atoms. The molecule has 3 N–H and O–H groups in total. The van der Waals surface area contributed by atoms with Gasteiger partial charge in [0.05, 0.1) is 12.8 Å². The molecule has 10 heteroatoms. The van der Waals surface area contributed by atoms with Crippen LogP contribution in [0.4, 0.5) is 5.69 Å². The van der Waals surface area contributed by atoms with Crippen LogP contribution in [-0.4, -0.2) is 35.8 Å². The highest BCUT2D eigenvalue weighted by atomic mass is 32.1. The van der Waals surface area contributed by atoms with Crippen molar-refractivity contribution in [3.8, 4) is 22.9 Å². The molecule has 2 aromatic rings. The fourth-order valence-corrected chi connectivity index (χ4v) is 3.23. The van der Waals surface area contributed by atoms with Gasteiger partial charge in [-0.1, -0.05) is 13.2 Å². The number of hydrogen-bond acceptors (Lipinski definition) is 7. The van der Waals surface area contributed by atoms with Crippen LogP contribution in [0.1, 0.15) is 29.8 Å². The first-order valence-corrected chi connectivity index (χ1v) is 10.5. The van der Waals surface area contributed by atoms with Crippen molar-refractivity contribution in [1.82, 2.24) is 15.6 Å². The predicted molar refractivity (Wildman–Crippen MR) is 125 cm³/mol. The number of anilines is 1. The summed E-state index contributed by atoms with van der Waals surface area (Å²) in [4.78, 5) is 51.8. The molecule has 9 nitrogen and oxygen atoms in total. The fraction of sp³-hybridized carbons (Fsp3) is 0.174. The fourth-order valence-electron chi connectivity index (χ4n) is 2.43. The first kappa shape index (κ1) is 25.0. The number of nitrogens with one attached hydrogen (secondary N) is 3. The molecule has 170 valence electrons. The van der Waals surface area contributed by atoms with E-state index in [4.69, 9.17) is 6.42 Å². The van der Waals surface area contributed by atoms with E-state index in [0.717, 1.165) is 12.7 Å². The number of carbonyl (C=O) groups excluding carboxylic acids is 4. The van der Waals surface area contributed by atoms with E-state index in [1.54, 1.807) is 24.3 Å². The number of rotatable bonds is 10. The van der Waals surface area contributed by atoms with Crippen molar-refractivity contribution in [1.29, 1.82) is 0 Å². The van der Waals surface area contributed by atoms with Crippen molar-refractivity contribution in [2.24, 2.45) is 0 Å². The van der Waals surface area contributed by atoms with Crippen molar-refractivity contribution < 1.29 is 23.9 Å². The van der Waals surface area contributed by atoms with Crippen LogP contribution >= 0.6 is 11.3 Å². The van der Waals surface area contributed by atoms with Gasteiger partial charge < -0.3 is 20.7 Å². The molecule has 0 bridgehead atoms. The number of thiazole rings is 1. The zero-order valence-electron chi connectivity index (χ0n) is 17.9. The van der Waals surface area contributed by atoms with Gasteiger partial charge in [0.15, 0.2) is 0 Å². The first-order valence-electron chi connectivity index (χ1n) is 9.63. The molecule has 0 radical (unpaired) electrons. The van der Waals surface area contributed by atoms with Crippen molar-refractivity contribution in [2.45, 2.75) is 19.3 Å². The Morgan fingerprint density at radius 3 is 2.45 bits per heavy atom. The van der Waals surface area contributed by atoms with Crippen molar-refractivity contribution >= 4 is 40.7 Å². The normalized spacial score (nSPS) is 9.82. The Morgan fingerprint density at radius 1 is 1.12 bits per heavy atom. The second-order valence-corrected chi connectivity index (χ2v) is 7.44. The number of benzene rings is 1. The minimum Gasteiger partial charge on any atom is -0.464 e. The number of esters is 1. The van der Waals surface area contributed by atoms with Crippen molar-refractivity contribution in [3.63, 3.8) is 0 Å². The maximum Gasteiger partial charge on any atom is 0.353 e. The number of nitrogens with zero attached hydrogens (tertiary/aromatic N) is 1. The van der Waals surface area contributed by atoms with Gasteiger partial charge in [-0.3, -0.25) is 14.4 Å². The molecule has 1 heterocycles. The van der Waals surface area contributed by atoms with E-state index >= 15 is 0 Å². The lowest BCUT2D eigenvalue weighted by Crippen LogP contribution is -2.35. The monoisotopic (exact) mass is 466 g/mol. The molecule has 0 atom stereocenters. The second kappa shape index (κ2) is 12.0. The van der Waals surface area contributed by atoms with E-state index in [1.165, 1.54) is 16.7 Å². The third-order valence-electron chi connectivity index (χ3n) is 4.11. The van der Waals surface area contributed by atoms with Crippen LogP contribution in [0, 0.1) is 12.3 Å². The van der Waals surface area contributed by atoms with E-state index in [2.05, 4.69) is 44.7 Å². The first-order chi connectivity index (χ1) is 15.7. The number of methoxy groups -OCH3 is 1. The van der Waals surface area contributed by atoms with Crippen LogP contribution in [0.5, 0.6) is 0 Å². The Balaban J connectivity index is 1.95. The molecule has 0 fully saturated rings. The Kier molecular flexibility index (Phi) is 9.08. The van der Waals surface area contributed by atoms with Gasteiger partial charge in [0.25, 0.3) is 11.8 Å². The highest BCUT2D eigenvalue weighted by Crippen LogP contribution is 2.25. The lowest BCUT2D eigenvalue weighted by Gasteiger charge is -2.09. The molecule has 1 aromatic carbocycles. The lowest BCUT2D eigenvalue weighted by molar-refractivity contribution is -0.137. The summed E-state index contributed by atoms with van der Waals surface area (Å²) in [6.45, 7) is 6.83. The summed E-state index contributed by atoms with van der Waals surface area (Å²) in [6.07, 6.45) is 6.69. The Morgan fingerprint density at radius 2 is 1.82 bits per heavy atom. The molecule has 3 amide bonds. The predicted octanol–water partition coefficient (Wildman–Crippen LogP) is 2.60. The van der Waals surface area contributed by atoms with Gasteiger partial charge >= 0.3 is 5.97 Å². The van der Waals surface area contributed by atoms with Gasteiger partial charge in [-0.05, 0) is 30.7 Å². The Hall–Kier alpha value is -4.23. The topological polar surface area (TPSA) is 126 Å². The number of aromatic nitrogens is 1. The smallest absolute Gasteiger partial charge is 0.353 e. The molecule has 0 aliphatic carbocycles. The lowest BCUT2D eigenvalue weighted by atomic mass is 10.2. The molecule has 0 saturated heterocycles. The quantitative estimate of drug-likeness (QED) is 0.214. The molecule has 2 rings (SSSR count). The van der Waals surface area contributed by atoms with Crippen LogP contribution in [0.3, 0.4) is 0 Å². The van der Waals surface area contributed by atoms with E-state index in [-0.39, 0.29) is 23.0 Å². The van der Waals surface area contributed by atoms with E-state index in [9.17, 15) is 19.2 Å². The molecule has 0 spiro atoms. The summed E-state index contributed by atoms with van der Waals surface area (Å²) in [7, 11) is 1.14. The molecule has 0 saturated carbocycles. The van der Waals surface area contributed by atoms with E-state index in [1.807, 2.05) is 0 Å². The molecular formula is C23H22N4O5S. The summed E-state index contributed by atoms with van der Waals surface area (Å²) in [5.41, 5.74) is 0.884. The molecule has 0 aliphatic rings. The van der Waals surface area contributed by atoms with Gasteiger partial charge in [0.2, 0.25) is 5.91 Å². The SMILES string of the molecule is C#CCCCC(=O)Nc1ccc(-c2nc(C(=O)NC(=C)C(=O)NC(=C)C(=O)OC)cs2)cc1. The molecule has 1 aromatic heterocycles. The van der Waals surface area contributed by atoms with Gasteiger partial charge in [0, 0.05) is 29.5 Å². The third-order valence-corrected chi connectivity index (χ3v) is 5.00. The summed E-state index contributed by atoms with van der Waals surface area (Å²) in [6, 6.07) is 7.00. The summed E-state index contributed by atoms with van der Waals surface area (Å²) in [5, 5.41) is 9.38. The van der Waals surface area contributed by atoms with E-state index < -0.39 is 17.8 Å². The van der Waals surface area contributed by atoms with Crippen LogP contribution in [-0.2, 0) is 19.1 Å². The minimum atomic E-state index is -0.818. The van der Waals surface area contributed by atoms with E-state index in [0.29, 0.717) is 30.0 Å². The zero-order valence-corrected chi connectivity index (χ0v) is 18.7. The highest BCUT2D eigenvalue weighted by molar-refractivity contribution is 7.13. The van der Waals surface area contributed by atoms with Crippen LogP contribution in [0.2, 0.25) is 0 Å². The second-order valence-electron chi connectivity index (χ2n) is 6.58. The molecule has 0 aliphatic heterocycles. The largest absolute Gasteiger partial charge is 0.464 e. The number of hydrogen-bond donors (Lipinski definition) is 3. The maximum absolute atomic E-state index is 12.4. The maximum atomic E-state index is 12.4. The Bertz CT molecular complexity index is 1130. The number of terminal acetylenes is 1. The van der Waals surface area contributed by atoms with Gasteiger partial charge in [-0.2, -0.15) is 0 Å². The highest BCUT2D eigenvalue weighted by Gasteiger charge is 2.18. The van der Waals surface area contributed by atoms with Crippen molar-refractivity contribution in [2.75, 3.05) is 12.4 Å². The summed E-state index contributed by atoms with van der Waals surface area (Å²) < 4.78 is 4.43. The Labute approximate surface area is 194 Å². The number of ether oxygens (including phenoxy) is 1. The molecule has 0 unspecified atom stereocenters. The summed E-state index contributed by atoms with van der Waals surface area (Å²) >= 11 is 1.23.